The van der Waals surface area contributed by atoms with Crippen LogP contribution in [0.25, 0.3) is 0 Å². The van der Waals surface area contributed by atoms with E-state index in [-0.39, 0.29) is 11.9 Å². The minimum atomic E-state index is -0.251. The van der Waals surface area contributed by atoms with Crippen molar-refractivity contribution in [3.8, 4) is 0 Å². The molecule has 1 atom stereocenters. The maximum atomic E-state index is 13.2. The van der Waals surface area contributed by atoms with E-state index in [1.165, 1.54) is 17.0 Å². The predicted molar refractivity (Wildman–Crippen MR) is 71.8 cm³/mol. The molecule has 0 amide bonds. The van der Waals surface area contributed by atoms with Gasteiger partial charge in [-0.2, -0.15) is 0 Å². The Morgan fingerprint density at radius 3 is 2.78 bits per heavy atom. The van der Waals surface area contributed by atoms with Gasteiger partial charge in [0.1, 0.15) is 5.82 Å². The molecule has 0 bridgehead atoms. The van der Waals surface area contributed by atoms with Crippen molar-refractivity contribution < 1.29 is 4.39 Å². The lowest BCUT2D eigenvalue weighted by atomic mass is 10.0. The van der Waals surface area contributed by atoms with Crippen LogP contribution in [0.5, 0.6) is 0 Å². The van der Waals surface area contributed by atoms with Gasteiger partial charge in [0, 0.05) is 11.3 Å². The number of aryl methyl sites for hydroxylation is 2. The second-order valence-corrected chi connectivity index (χ2v) is 5.52. The van der Waals surface area contributed by atoms with Crippen LogP contribution in [0, 0.1) is 19.7 Å². The van der Waals surface area contributed by atoms with Gasteiger partial charge < -0.3 is 0 Å². The summed E-state index contributed by atoms with van der Waals surface area (Å²) in [6, 6.07) is 6.35. The van der Waals surface area contributed by atoms with Gasteiger partial charge in [-0.1, -0.05) is 12.1 Å². The molecule has 2 aromatic rings. The minimum absolute atomic E-state index is 0.120. The fraction of sp³-hybridized carbons (Fsp3) is 0.308. The topological polar surface area (TPSA) is 50.9 Å². The molecule has 0 saturated carbocycles. The van der Waals surface area contributed by atoms with Gasteiger partial charge in [0.15, 0.2) is 0 Å². The fourth-order valence-corrected chi connectivity index (χ4v) is 2.78. The molecule has 1 aromatic heterocycles. The number of hydrazine groups is 1. The van der Waals surface area contributed by atoms with Gasteiger partial charge in [0.05, 0.1) is 16.7 Å². The van der Waals surface area contributed by atoms with Gasteiger partial charge in [-0.3, -0.25) is 11.3 Å². The molecule has 1 aromatic carbocycles. The Balaban J connectivity index is 2.19. The third-order valence-electron chi connectivity index (χ3n) is 2.90. The van der Waals surface area contributed by atoms with Crippen LogP contribution in [0.1, 0.15) is 27.2 Å². The van der Waals surface area contributed by atoms with Gasteiger partial charge in [-0.25, -0.2) is 9.37 Å². The number of hydrogen-bond donors (Lipinski definition) is 2. The van der Waals surface area contributed by atoms with Gasteiger partial charge in [-0.15, -0.1) is 11.3 Å². The molecule has 0 aliphatic carbocycles. The molecule has 0 aliphatic heterocycles. The maximum Gasteiger partial charge on any atom is 0.123 e. The van der Waals surface area contributed by atoms with Crippen molar-refractivity contribution in [2.45, 2.75) is 26.3 Å². The van der Waals surface area contributed by atoms with Gasteiger partial charge in [0.2, 0.25) is 0 Å². The van der Waals surface area contributed by atoms with Gasteiger partial charge in [-0.05, 0) is 31.5 Å². The zero-order valence-electron chi connectivity index (χ0n) is 10.4. The highest BCUT2D eigenvalue weighted by Gasteiger charge is 2.14. The van der Waals surface area contributed by atoms with E-state index in [4.69, 9.17) is 5.84 Å². The van der Waals surface area contributed by atoms with Gasteiger partial charge >= 0.3 is 0 Å². The van der Waals surface area contributed by atoms with Crippen molar-refractivity contribution in [2.24, 2.45) is 5.84 Å². The first kappa shape index (κ1) is 13.1. The van der Waals surface area contributed by atoms with Crippen molar-refractivity contribution in [1.29, 1.82) is 0 Å². The maximum absolute atomic E-state index is 13.2. The summed E-state index contributed by atoms with van der Waals surface area (Å²) in [5, 5.41) is 1.01. The van der Waals surface area contributed by atoms with E-state index in [0.29, 0.717) is 6.42 Å². The van der Waals surface area contributed by atoms with Crippen LogP contribution in [0.2, 0.25) is 0 Å². The Kier molecular flexibility index (Phi) is 4.06. The van der Waals surface area contributed by atoms with Crippen LogP contribution in [0.15, 0.2) is 24.3 Å². The predicted octanol–water partition coefficient (Wildman–Crippen LogP) is 2.65. The minimum Gasteiger partial charge on any atom is -0.271 e. The summed E-state index contributed by atoms with van der Waals surface area (Å²) >= 11 is 1.66. The largest absolute Gasteiger partial charge is 0.271 e. The Bertz CT molecular complexity index is 519. The Labute approximate surface area is 110 Å². The number of aromatic nitrogens is 1. The molecule has 2 rings (SSSR count). The summed E-state index contributed by atoms with van der Waals surface area (Å²) in [5.74, 6) is 5.30. The normalized spacial score (nSPS) is 12.7. The fourth-order valence-electron chi connectivity index (χ4n) is 1.80. The first-order chi connectivity index (χ1) is 8.60. The monoisotopic (exact) mass is 265 g/mol. The molecule has 5 heteroatoms. The Hall–Kier alpha value is -1.30. The average molecular weight is 265 g/mol. The first-order valence-corrected chi connectivity index (χ1v) is 6.56. The number of nitrogens with zero attached hydrogens (tertiary/aromatic N) is 1. The van der Waals surface area contributed by atoms with Crippen LogP contribution < -0.4 is 11.3 Å². The smallest absolute Gasteiger partial charge is 0.123 e. The standard InChI is InChI=1S/C13H16FN3S/c1-8-9(2)18-13(16-8)7-12(17-15)10-4-3-5-11(14)6-10/h3-6,12,17H,7,15H2,1-2H3. The van der Waals surface area contributed by atoms with Crippen molar-refractivity contribution in [3.05, 3.63) is 51.2 Å². The third-order valence-corrected chi connectivity index (χ3v) is 4.00. The quantitative estimate of drug-likeness (QED) is 0.660. The highest BCUT2D eigenvalue weighted by Crippen LogP contribution is 2.23. The second kappa shape index (κ2) is 5.56. The molecule has 3 nitrogen and oxygen atoms in total. The molecular weight excluding hydrogens is 249 g/mol. The number of thiazole rings is 1. The lowest BCUT2D eigenvalue weighted by Crippen LogP contribution is -2.29. The van der Waals surface area contributed by atoms with E-state index >= 15 is 0 Å². The van der Waals surface area contributed by atoms with Crippen LogP contribution in [-0.4, -0.2) is 4.98 Å². The molecule has 96 valence electrons. The molecule has 0 saturated heterocycles. The van der Waals surface area contributed by atoms with E-state index in [9.17, 15) is 4.39 Å². The lowest BCUT2D eigenvalue weighted by Gasteiger charge is -2.14. The number of rotatable bonds is 4. The summed E-state index contributed by atoms with van der Waals surface area (Å²) < 4.78 is 13.2. The molecule has 0 spiro atoms. The van der Waals surface area contributed by atoms with E-state index in [1.54, 1.807) is 17.4 Å². The zero-order chi connectivity index (χ0) is 13.1. The number of benzene rings is 1. The molecule has 0 fully saturated rings. The van der Waals surface area contributed by atoms with E-state index in [1.807, 2.05) is 19.9 Å². The Morgan fingerprint density at radius 1 is 1.44 bits per heavy atom. The number of halogens is 1. The zero-order valence-corrected chi connectivity index (χ0v) is 11.2. The summed E-state index contributed by atoms with van der Waals surface area (Å²) in [4.78, 5) is 5.68. The second-order valence-electron chi connectivity index (χ2n) is 4.23. The van der Waals surface area contributed by atoms with E-state index in [0.717, 1.165) is 16.3 Å². The summed E-state index contributed by atoms with van der Waals surface area (Å²) in [7, 11) is 0. The van der Waals surface area contributed by atoms with Crippen LogP contribution in [0.4, 0.5) is 4.39 Å². The molecule has 0 radical (unpaired) electrons. The van der Waals surface area contributed by atoms with Crippen molar-refractivity contribution in [2.75, 3.05) is 0 Å². The summed E-state index contributed by atoms with van der Waals surface area (Å²) in [5.41, 5.74) is 4.61. The van der Waals surface area contributed by atoms with E-state index < -0.39 is 0 Å². The molecular formula is C13H16FN3S. The first-order valence-electron chi connectivity index (χ1n) is 5.74. The highest BCUT2D eigenvalue weighted by molar-refractivity contribution is 7.11. The van der Waals surface area contributed by atoms with Crippen LogP contribution >= 0.6 is 11.3 Å². The average Bonchev–Trinajstić information content (AvgIpc) is 2.65. The van der Waals surface area contributed by atoms with Crippen molar-refractivity contribution in [3.63, 3.8) is 0 Å². The third kappa shape index (κ3) is 2.93. The van der Waals surface area contributed by atoms with Crippen molar-refractivity contribution in [1.82, 2.24) is 10.4 Å². The van der Waals surface area contributed by atoms with Crippen LogP contribution in [-0.2, 0) is 6.42 Å². The van der Waals surface area contributed by atoms with Crippen LogP contribution in [0.3, 0.4) is 0 Å². The summed E-state index contributed by atoms with van der Waals surface area (Å²) in [6.45, 7) is 4.03. The SMILES string of the molecule is Cc1nc(CC(NN)c2cccc(F)c2)sc1C. The summed E-state index contributed by atoms with van der Waals surface area (Å²) in [6.07, 6.45) is 0.666. The van der Waals surface area contributed by atoms with Crippen molar-refractivity contribution >= 4 is 11.3 Å². The number of hydrogen-bond acceptors (Lipinski definition) is 4. The molecule has 1 heterocycles. The molecule has 0 aliphatic rings. The molecule has 1 unspecified atom stereocenters. The molecule has 18 heavy (non-hydrogen) atoms. The molecule has 3 N–H and O–H groups in total. The number of nitrogens with one attached hydrogen (secondary N) is 1. The number of nitrogens with two attached hydrogens (primary N) is 1. The Morgan fingerprint density at radius 2 is 2.22 bits per heavy atom. The van der Waals surface area contributed by atoms with E-state index in [2.05, 4.69) is 10.4 Å². The van der Waals surface area contributed by atoms with Gasteiger partial charge in [0.25, 0.3) is 0 Å². The lowest BCUT2D eigenvalue weighted by molar-refractivity contribution is 0.543. The highest BCUT2D eigenvalue weighted by atomic mass is 32.1.